The smallest absolute Gasteiger partial charge is 0.346 e. The van der Waals surface area contributed by atoms with Gasteiger partial charge in [0.25, 0.3) is 0 Å². The Balaban J connectivity index is 1.53. The highest BCUT2D eigenvalue weighted by molar-refractivity contribution is 8.02. The van der Waals surface area contributed by atoms with Gasteiger partial charge in [-0.05, 0) is 23.1 Å². The van der Waals surface area contributed by atoms with Gasteiger partial charge in [-0.1, -0.05) is 16.9 Å². The second kappa shape index (κ2) is 7.54. The van der Waals surface area contributed by atoms with Gasteiger partial charge in [0, 0.05) is 11.8 Å². The van der Waals surface area contributed by atoms with E-state index in [0.717, 1.165) is 0 Å². The van der Waals surface area contributed by atoms with Crippen molar-refractivity contribution in [3.63, 3.8) is 0 Å². The maximum atomic E-state index is 11.9. The number of fused-ring (bicyclic) bond motifs is 2. The molecule has 2 aromatic heterocycles. The first-order chi connectivity index (χ1) is 13.9. The van der Waals surface area contributed by atoms with Crippen LogP contribution in [0.5, 0.6) is 0 Å². The molecule has 2 aliphatic rings. The lowest BCUT2D eigenvalue weighted by Crippen LogP contribution is -2.69. The number of nitrogens with two attached hydrogens (primary N) is 1. The van der Waals surface area contributed by atoms with Crippen LogP contribution in [0.1, 0.15) is 0 Å². The fraction of sp³-hybridized carbons (Fsp3) is 0.235. The number of allylic oxidation sites excluding steroid dienone is 1. The van der Waals surface area contributed by atoms with E-state index in [4.69, 9.17) is 10.8 Å². The van der Waals surface area contributed by atoms with Crippen molar-refractivity contribution in [2.45, 2.75) is 23.0 Å². The van der Waals surface area contributed by atoms with Crippen molar-refractivity contribution >= 4 is 47.0 Å². The number of carbonyl (C=O) groups is 3. The quantitative estimate of drug-likeness (QED) is 0.318. The Hall–Kier alpha value is -2.83. The molecule has 0 saturated carbocycles. The van der Waals surface area contributed by atoms with Gasteiger partial charge in [-0.3, -0.25) is 9.69 Å². The summed E-state index contributed by atoms with van der Waals surface area (Å²) in [6.45, 7) is -0.164. The van der Waals surface area contributed by atoms with E-state index in [0.29, 0.717) is 22.0 Å². The summed E-state index contributed by atoms with van der Waals surface area (Å²) in [7, 11) is 0. The van der Waals surface area contributed by atoms with Crippen molar-refractivity contribution < 1.29 is 29.2 Å². The second-order valence-corrected chi connectivity index (χ2v) is 8.34. The van der Waals surface area contributed by atoms with Gasteiger partial charge in [0.05, 0.1) is 11.7 Å². The Labute approximate surface area is 172 Å². The molecule has 2 aromatic rings. The molecule has 10 nitrogen and oxygen atoms in total. The third-order valence-corrected chi connectivity index (χ3v) is 6.55. The molecule has 0 unspecified atom stereocenters. The van der Waals surface area contributed by atoms with Gasteiger partial charge in [-0.25, -0.2) is 9.36 Å². The number of imidazole rings is 1. The summed E-state index contributed by atoms with van der Waals surface area (Å²) in [4.78, 5) is 35.5. The highest BCUT2D eigenvalue weighted by Crippen LogP contribution is 2.39. The first-order valence-corrected chi connectivity index (χ1v) is 10.4. The average Bonchev–Trinajstić information content (AvgIpc) is 3.08. The van der Waals surface area contributed by atoms with E-state index in [9.17, 15) is 19.5 Å². The summed E-state index contributed by atoms with van der Waals surface area (Å²) in [5.74, 6) is -2.37. The minimum absolute atomic E-state index is 0.138. The summed E-state index contributed by atoms with van der Waals surface area (Å²) < 4.78 is 3.12. The van der Waals surface area contributed by atoms with Crippen LogP contribution >= 0.6 is 23.5 Å². The molecule has 29 heavy (non-hydrogen) atoms. The second-order valence-electron chi connectivity index (χ2n) is 6.31. The van der Waals surface area contributed by atoms with Gasteiger partial charge in [-0.2, -0.15) is 0 Å². The maximum Gasteiger partial charge on any atom is 0.346 e. The highest BCUT2D eigenvalue weighted by atomic mass is 32.2. The SMILES string of the molecule is N[C@@H]1C(=O)N2C(C(=O)[O-])=C(/C=C/Sc3ccc4n(cc[n+]4CC(=O)O)n3)CS[C@H]12. The van der Waals surface area contributed by atoms with Crippen LogP contribution in [0.2, 0.25) is 0 Å². The Morgan fingerprint density at radius 2 is 2.28 bits per heavy atom. The van der Waals surface area contributed by atoms with Gasteiger partial charge in [0.15, 0.2) is 12.7 Å². The Kier molecular flexibility index (Phi) is 5.06. The standard InChI is InChI=1S/C17H15N5O5S2/c18-13-15(25)22-14(17(26)27)9(8-29-16(13)22)3-6-28-10-1-2-11-20(7-12(23)24)4-5-21(11)19-10/h1-6,13,16H,7-8,18H2,(H-,23,24,26,27)/b6-3+/t13-,16-/m1/s1. The molecule has 12 heteroatoms. The molecule has 1 saturated heterocycles. The van der Waals surface area contributed by atoms with E-state index in [1.807, 2.05) is 0 Å². The highest BCUT2D eigenvalue weighted by Gasteiger charge is 2.49. The lowest BCUT2D eigenvalue weighted by Gasteiger charge is -2.49. The van der Waals surface area contributed by atoms with Crippen molar-refractivity contribution in [3.8, 4) is 0 Å². The van der Waals surface area contributed by atoms with Crippen molar-refractivity contribution in [1.82, 2.24) is 14.5 Å². The zero-order valence-corrected chi connectivity index (χ0v) is 16.4. The normalized spacial score (nSPS) is 21.6. The van der Waals surface area contributed by atoms with Crippen LogP contribution < -0.4 is 15.4 Å². The fourth-order valence-electron chi connectivity index (χ4n) is 3.15. The van der Waals surface area contributed by atoms with E-state index in [2.05, 4.69) is 5.10 Å². The monoisotopic (exact) mass is 433 g/mol. The van der Waals surface area contributed by atoms with E-state index >= 15 is 0 Å². The molecule has 0 aliphatic carbocycles. The minimum atomic E-state index is -1.41. The number of amides is 1. The number of nitrogens with zero attached hydrogens (tertiary/aromatic N) is 4. The molecule has 2 atom stereocenters. The number of β-lactam (4-membered cyclic amide) rings is 1. The van der Waals surface area contributed by atoms with Crippen LogP contribution in [0.15, 0.2) is 52.3 Å². The van der Waals surface area contributed by atoms with Crippen molar-refractivity contribution in [2.75, 3.05) is 5.75 Å². The molecule has 1 amide bonds. The van der Waals surface area contributed by atoms with Gasteiger partial charge >= 0.3 is 11.6 Å². The average molecular weight is 433 g/mol. The van der Waals surface area contributed by atoms with Gasteiger partial charge < -0.3 is 20.7 Å². The Morgan fingerprint density at radius 3 is 3.00 bits per heavy atom. The summed E-state index contributed by atoms with van der Waals surface area (Å²) in [6, 6.07) is 2.80. The van der Waals surface area contributed by atoms with Crippen LogP contribution in [0.3, 0.4) is 0 Å². The number of thioether (sulfide) groups is 2. The van der Waals surface area contributed by atoms with Crippen molar-refractivity contribution in [1.29, 1.82) is 0 Å². The summed E-state index contributed by atoms with van der Waals surface area (Å²) >= 11 is 2.67. The molecule has 0 spiro atoms. The largest absolute Gasteiger partial charge is 0.543 e. The molecule has 2 aliphatic heterocycles. The van der Waals surface area contributed by atoms with Gasteiger partial charge in [0.2, 0.25) is 5.91 Å². The van der Waals surface area contributed by atoms with E-state index in [1.54, 1.807) is 45.1 Å². The number of aromatic nitrogens is 3. The third-order valence-electron chi connectivity index (χ3n) is 4.49. The zero-order chi connectivity index (χ0) is 20.7. The Bertz CT molecular complexity index is 1100. The lowest BCUT2D eigenvalue weighted by molar-refractivity contribution is -0.659. The molecular weight excluding hydrogens is 418 g/mol. The number of aliphatic carboxylic acids is 2. The number of carboxylic acids is 2. The van der Waals surface area contributed by atoms with E-state index in [-0.39, 0.29) is 17.6 Å². The van der Waals surface area contributed by atoms with E-state index in [1.165, 1.54) is 28.4 Å². The van der Waals surface area contributed by atoms with Crippen LogP contribution in [0, 0.1) is 0 Å². The molecule has 4 heterocycles. The summed E-state index contributed by atoms with van der Waals surface area (Å²) in [5, 5.41) is 26.8. The molecule has 150 valence electrons. The number of rotatable bonds is 6. The third kappa shape index (κ3) is 3.50. The summed E-state index contributed by atoms with van der Waals surface area (Å²) in [6.07, 6.45) is 4.91. The van der Waals surface area contributed by atoms with Gasteiger partial charge in [-0.15, -0.1) is 16.3 Å². The minimum Gasteiger partial charge on any atom is -0.543 e. The number of carbonyl (C=O) groups excluding carboxylic acids is 2. The Morgan fingerprint density at radius 1 is 1.48 bits per heavy atom. The first-order valence-electron chi connectivity index (χ1n) is 8.44. The molecule has 0 aromatic carbocycles. The molecular formula is C17H15N5O5S2. The number of carboxylic acid groups (broad SMARTS) is 2. The zero-order valence-electron chi connectivity index (χ0n) is 14.8. The van der Waals surface area contributed by atoms with Crippen LogP contribution in [-0.4, -0.2) is 54.6 Å². The van der Waals surface area contributed by atoms with Crippen molar-refractivity contribution in [3.05, 3.63) is 47.3 Å². The lowest BCUT2D eigenvalue weighted by atomic mass is 10.0. The molecule has 4 rings (SSSR count). The van der Waals surface area contributed by atoms with Crippen LogP contribution in [0.4, 0.5) is 0 Å². The van der Waals surface area contributed by atoms with Crippen molar-refractivity contribution in [2.24, 2.45) is 5.73 Å². The molecule has 0 bridgehead atoms. The number of hydrogen-bond acceptors (Lipinski definition) is 8. The molecule has 3 N–H and O–H groups in total. The molecule has 0 radical (unpaired) electrons. The first kappa shape index (κ1) is 19.5. The van der Waals surface area contributed by atoms with Crippen LogP contribution in [0.25, 0.3) is 5.65 Å². The predicted octanol–water partition coefficient (Wildman–Crippen LogP) is -1.44. The number of hydrogen-bond donors (Lipinski definition) is 2. The topological polar surface area (TPSA) is 145 Å². The summed E-state index contributed by atoms with van der Waals surface area (Å²) in [5.41, 5.74) is 6.68. The van der Waals surface area contributed by atoms with E-state index < -0.39 is 23.9 Å². The fourth-order valence-corrected chi connectivity index (χ4v) is 5.07. The molecule has 1 fully saturated rings. The van der Waals surface area contributed by atoms with Gasteiger partial charge in [0.1, 0.15) is 22.6 Å². The van der Waals surface area contributed by atoms with Crippen LogP contribution in [-0.2, 0) is 20.9 Å². The predicted molar refractivity (Wildman–Crippen MR) is 101 cm³/mol. The maximum absolute atomic E-state index is 11.9.